The second-order valence-electron chi connectivity index (χ2n) is 3.02. The van der Waals surface area contributed by atoms with Crippen molar-refractivity contribution >= 4 is 46.1 Å². The standard InChI is InChI=1S/C10H8INO5/c11-4-7(13)12-6-3-1-2-5(9(14)15)8(6)10(16)17/h1-3H,4H2,(H,12,13)(H,14,15)(H,16,17). The number of rotatable bonds is 4. The van der Waals surface area contributed by atoms with Crippen molar-refractivity contribution in [3.63, 3.8) is 0 Å². The van der Waals surface area contributed by atoms with Gasteiger partial charge in [-0.25, -0.2) is 9.59 Å². The summed E-state index contributed by atoms with van der Waals surface area (Å²) in [4.78, 5) is 33.0. The SMILES string of the molecule is O=C(CI)Nc1cccc(C(=O)O)c1C(=O)O. The maximum Gasteiger partial charge on any atom is 0.338 e. The first-order valence-corrected chi connectivity index (χ1v) is 5.95. The number of benzene rings is 1. The monoisotopic (exact) mass is 349 g/mol. The normalized spacial score (nSPS) is 9.71. The maximum absolute atomic E-state index is 11.2. The van der Waals surface area contributed by atoms with Gasteiger partial charge in [0.2, 0.25) is 5.91 Å². The number of carbonyl (C=O) groups excluding carboxylic acids is 1. The molecule has 0 spiro atoms. The van der Waals surface area contributed by atoms with E-state index < -0.39 is 23.4 Å². The first-order chi connectivity index (χ1) is 7.97. The maximum atomic E-state index is 11.2. The molecule has 7 heteroatoms. The topological polar surface area (TPSA) is 104 Å². The van der Waals surface area contributed by atoms with Crippen molar-refractivity contribution in [3.8, 4) is 0 Å². The van der Waals surface area contributed by atoms with E-state index in [9.17, 15) is 14.4 Å². The minimum absolute atomic E-state index is 0.0148. The Morgan fingerprint density at radius 2 is 1.82 bits per heavy atom. The van der Waals surface area contributed by atoms with Gasteiger partial charge >= 0.3 is 11.9 Å². The van der Waals surface area contributed by atoms with Crippen LogP contribution in [0.15, 0.2) is 18.2 Å². The number of carboxylic acid groups (broad SMARTS) is 2. The molecule has 0 radical (unpaired) electrons. The molecular formula is C10H8INO5. The molecule has 0 heterocycles. The molecule has 0 aliphatic rings. The Morgan fingerprint density at radius 3 is 2.29 bits per heavy atom. The van der Waals surface area contributed by atoms with Crippen molar-refractivity contribution in [2.75, 3.05) is 9.74 Å². The third kappa shape index (κ3) is 3.16. The van der Waals surface area contributed by atoms with Gasteiger partial charge in [-0.05, 0) is 12.1 Å². The van der Waals surface area contributed by atoms with Gasteiger partial charge in [0.15, 0.2) is 0 Å². The van der Waals surface area contributed by atoms with E-state index in [2.05, 4.69) is 5.32 Å². The Hall–Kier alpha value is -1.64. The molecule has 0 aliphatic carbocycles. The predicted molar refractivity (Wildman–Crippen MR) is 67.9 cm³/mol. The highest BCUT2D eigenvalue weighted by Gasteiger charge is 2.20. The lowest BCUT2D eigenvalue weighted by molar-refractivity contribution is -0.113. The number of anilines is 1. The van der Waals surface area contributed by atoms with Gasteiger partial charge in [0, 0.05) is 0 Å². The zero-order valence-corrected chi connectivity index (χ0v) is 10.6. The molecule has 17 heavy (non-hydrogen) atoms. The number of carboxylic acids is 2. The van der Waals surface area contributed by atoms with Crippen molar-refractivity contribution in [2.24, 2.45) is 0 Å². The molecule has 0 unspecified atom stereocenters. The molecule has 0 aromatic heterocycles. The van der Waals surface area contributed by atoms with E-state index in [0.29, 0.717) is 0 Å². The Bertz CT molecular complexity index is 486. The fraction of sp³-hybridized carbons (Fsp3) is 0.100. The number of amides is 1. The first-order valence-electron chi connectivity index (χ1n) is 4.42. The fourth-order valence-electron chi connectivity index (χ4n) is 1.25. The highest BCUT2D eigenvalue weighted by molar-refractivity contribution is 14.1. The fourth-order valence-corrected chi connectivity index (χ4v) is 1.44. The van der Waals surface area contributed by atoms with Gasteiger partial charge in [0.1, 0.15) is 0 Å². The van der Waals surface area contributed by atoms with Crippen molar-refractivity contribution in [2.45, 2.75) is 0 Å². The van der Waals surface area contributed by atoms with Crippen LogP contribution < -0.4 is 5.32 Å². The second kappa shape index (κ2) is 5.62. The number of hydrogen-bond donors (Lipinski definition) is 3. The van der Waals surface area contributed by atoms with E-state index in [1.165, 1.54) is 18.2 Å². The Kier molecular flexibility index (Phi) is 4.44. The minimum Gasteiger partial charge on any atom is -0.478 e. The van der Waals surface area contributed by atoms with E-state index in [1.807, 2.05) is 22.6 Å². The van der Waals surface area contributed by atoms with Gasteiger partial charge in [0.05, 0.1) is 21.2 Å². The van der Waals surface area contributed by atoms with Crippen molar-refractivity contribution in [1.29, 1.82) is 0 Å². The first kappa shape index (κ1) is 13.4. The summed E-state index contributed by atoms with van der Waals surface area (Å²) in [6.45, 7) is 0. The van der Waals surface area contributed by atoms with E-state index >= 15 is 0 Å². The molecule has 0 fully saturated rings. The van der Waals surface area contributed by atoms with Crippen molar-refractivity contribution in [1.82, 2.24) is 0 Å². The van der Waals surface area contributed by atoms with Crippen molar-refractivity contribution < 1.29 is 24.6 Å². The quantitative estimate of drug-likeness (QED) is 0.564. The molecule has 0 aliphatic heterocycles. The predicted octanol–water partition coefficient (Wildman–Crippen LogP) is 1.46. The number of carbonyl (C=O) groups is 3. The number of alkyl halides is 1. The molecule has 0 bridgehead atoms. The van der Waals surface area contributed by atoms with Crippen LogP contribution >= 0.6 is 22.6 Å². The summed E-state index contributed by atoms with van der Waals surface area (Å²) in [6, 6.07) is 3.89. The van der Waals surface area contributed by atoms with Crippen molar-refractivity contribution in [3.05, 3.63) is 29.3 Å². The molecule has 0 saturated heterocycles. The summed E-state index contributed by atoms with van der Waals surface area (Å²) in [5, 5.41) is 20.2. The largest absolute Gasteiger partial charge is 0.478 e. The summed E-state index contributed by atoms with van der Waals surface area (Å²) in [5.74, 6) is -3.14. The zero-order valence-electron chi connectivity index (χ0n) is 8.44. The van der Waals surface area contributed by atoms with Crippen LogP contribution in [0.2, 0.25) is 0 Å². The van der Waals surface area contributed by atoms with Crippen LogP contribution in [-0.2, 0) is 4.79 Å². The van der Waals surface area contributed by atoms with Crippen LogP contribution in [0.1, 0.15) is 20.7 Å². The van der Waals surface area contributed by atoms with Gasteiger partial charge in [-0.2, -0.15) is 0 Å². The van der Waals surface area contributed by atoms with Gasteiger partial charge < -0.3 is 15.5 Å². The van der Waals surface area contributed by atoms with Gasteiger partial charge in [-0.15, -0.1) is 0 Å². The van der Waals surface area contributed by atoms with E-state index in [4.69, 9.17) is 10.2 Å². The van der Waals surface area contributed by atoms with Gasteiger partial charge in [-0.1, -0.05) is 28.7 Å². The van der Waals surface area contributed by atoms with Crippen LogP contribution in [0.25, 0.3) is 0 Å². The summed E-state index contributed by atoms with van der Waals surface area (Å²) in [6.07, 6.45) is 0. The minimum atomic E-state index is -1.40. The van der Waals surface area contributed by atoms with Gasteiger partial charge in [-0.3, -0.25) is 4.79 Å². The third-order valence-corrected chi connectivity index (χ3v) is 2.60. The molecule has 1 amide bonds. The smallest absolute Gasteiger partial charge is 0.338 e. The number of aromatic carboxylic acids is 2. The van der Waals surface area contributed by atoms with Crippen LogP contribution in [0.5, 0.6) is 0 Å². The Balaban J connectivity index is 3.30. The molecule has 90 valence electrons. The Morgan fingerprint density at radius 1 is 1.18 bits per heavy atom. The van der Waals surface area contributed by atoms with Crippen LogP contribution in [0.3, 0.4) is 0 Å². The van der Waals surface area contributed by atoms with Crippen LogP contribution in [-0.4, -0.2) is 32.5 Å². The van der Waals surface area contributed by atoms with E-state index in [-0.39, 0.29) is 15.7 Å². The Labute approximate surface area is 110 Å². The molecule has 3 N–H and O–H groups in total. The number of nitrogens with one attached hydrogen (secondary N) is 1. The molecule has 6 nitrogen and oxygen atoms in total. The number of hydrogen-bond acceptors (Lipinski definition) is 3. The number of halogens is 1. The summed E-state index contributed by atoms with van der Waals surface area (Å²) in [7, 11) is 0. The molecule has 1 aromatic carbocycles. The summed E-state index contributed by atoms with van der Waals surface area (Å²) in [5.41, 5.74) is -0.791. The highest BCUT2D eigenvalue weighted by Crippen LogP contribution is 2.20. The van der Waals surface area contributed by atoms with Crippen LogP contribution in [0, 0.1) is 0 Å². The average Bonchev–Trinajstić information content (AvgIpc) is 2.28. The second-order valence-corrected chi connectivity index (χ2v) is 3.78. The summed E-state index contributed by atoms with van der Waals surface area (Å²) < 4.78 is 0.147. The lowest BCUT2D eigenvalue weighted by Gasteiger charge is -2.09. The average molecular weight is 349 g/mol. The lowest BCUT2D eigenvalue weighted by atomic mass is 10.1. The van der Waals surface area contributed by atoms with Gasteiger partial charge in [0.25, 0.3) is 0 Å². The zero-order chi connectivity index (χ0) is 13.0. The van der Waals surface area contributed by atoms with Crippen LogP contribution in [0.4, 0.5) is 5.69 Å². The molecule has 1 rings (SSSR count). The van der Waals surface area contributed by atoms with E-state index in [1.54, 1.807) is 0 Å². The highest BCUT2D eigenvalue weighted by atomic mass is 127. The lowest BCUT2D eigenvalue weighted by Crippen LogP contribution is -2.17. The molecule has 0 atom stereocenters. The molecule has 0 saturated carbocycles. The third-order valence-electron chi connectivity index (χ3n) is 1.90. The summed E-state index contributed by atoms with van der Waals surface area (Å²) >= 11 is 1.82. The van der Waals surface area contributed by atoms with E-state index in [0.717, 1.165) is 0 Å². The molecule has 1 aromatic rings. The molecular weight excluding hydrogens is 341 g/mol.